The van der Waals surface area contributed by atoms with Crippen LogP contribution >= 0.6 is 0 Å². The molecule has 0 saturated heterocycles. The highest BCUT2D eigenvalue weighted by molar-refractivity contribution is 5.67. The zero-order valence-corrected chi connectivity index (χ0v) is 13.4. The fraction of sp³-hybridized carbons (Fsp3) is 0.562. The molecule has 0 saturated carbocycles. The summed E-state index contributed by atoms with van der Waals surface area (Å²) in [5.41, 5.74) is 1.15. The number of rotatable bonds is 5. The molecule has 1 aromatic rings. The van der Waals surface area contributed by atoms with E-state index in [9.17, 15) is 9.18 Å². The molecule has 0 spiro atoms. The van der Waals surface area contributed by atoms with E-state index in [4.69, 9.17) is 4.74 Å². The average Bonchev–Trinajstić information content (AvgIpc) is 2.36. The number of nitrogens with one attached hydrogen (secondary N) is 2. The van der Waals surface area contributed by atoms with Crippen molar-refractivity contribution in [2.24, 2.45) is 0 Å². The third-order valence-corrected chi connectivity index (χ3v) is 2.83. The van der Waals surface area contributed by atoms with Gasteiger partial charge in [-0.15, -0.1) is 0 Å². The van der Waals surface area contributed by atoms with E-state index in [1.54, 1.807) is 13.0 Å². The third kappa shape index (κ3) is 7.09. The highest BCUT2D eigenvalue weighted by Gasteiger charge is 2.16. The van der Waals surface area contributed by atoms with Crippen LogP contribution in [0.4, 0.5) is 9.18 Å². The lowest BCUT2D eigenvalue weighted by Gasteiger charge is -2.21. The third-order valence-electron chi connectivity index (χ3n) is 2.83. The van der Waals surface area contributed by atoms with Crippen molar-refractivity contribution in [3.8, 4) is 0 Å². The van der Waals surface area contributed by atoms with Gasteiger partial charge < -0.3 is 15.4 Å². The van der Waals surface area contributed by atoms with E-state index in [1.807, 2.05) is 33.8 Å². The number of alkyl carbamates (subject to hydrolysis) is 1. The molecule has 0 fully saturated rings. The topological polar surface area (TPSA) is 50.4 Å². The van der Waals surface area contributed by atoms with E-state index in [2.05, 4.69) is 10.6 Å². The fourth-order valence-corrected chi connectivity index (χ4v) is 1.73. The van der Waals surface area contributed by atoms with Crippen molar-refractivity contribution in [1.82, 2.24) is 10.6 Å². The van der Waals surface area contributed by atoms with Crippen molar-refractivity contribution in [3.05, 3.63) is 35.1 Å². The molecule has 0 bridgehead atoms. The molecule has 21 heavy (non-hydrogen) atoms. The Bertz CT molecular complexity index is 484. The van der Waals surface area contributed by atoms with Gasteiger partial charge in [0.15, 0.2) is 0 Å². The molecule has 118 valence electrons. The number of hydrogen-bond donors (Lipinski definition) is 2. The number of carbonyl (C=O) groups excluding carboxylic acids is 1. The van der Waals surface area contributed by atoms with Crippen LogP contribution in [-0.4, -0.2) is 24.3 Å². The summed E-state index contributed by atoms with van der Waals surface area (Å²) in [7, 11) is 0. The normalized spacial score (nSPS) is 12.9. The lowest BCUT2D eigenvalue weighted by atomic mass is 10.1. The van der Waals surface area contributed by atoms with Crippen LogP contribution in [0, 0.1) is 12.7 Å². The van der Waals surface area contributed by atoms with Crippen molar-refractivity contribution >= 4 is 6.09 Å². The number of carbonyl (C=O) groups is 1. The molecule has 1 unspecified atom stereocenters. The second kappa shape index (κ2) is 7.41. The van der Waals surface area contributed by atoms with Crippen molar-refractivity contribution in [2.75, 3.05) is 6.54 Å². The van der Waals surface area contributed by atoms with E-state index in [-0.39, 0.29) is 11.9 Å². The molecule has 1 atom stereocenters. The lowest BCUT2D eigenvalue weighted by Crippen LogP contribution is -2.41. The van der Waals surface area contributed by atoms with E-state index in [0.717, 1.165) is 5.56 Å². The maximum absolute atomic E-state index is 13.2. The highest BCUT2D eigenvalue weighted by Crippen LogP contribution is 2.09. The quantitative estimate of drug-likeness (QED) is 0.877. The maximum atomic E-state index is 13.2. The number of amides is 1. The van der Waals surface area contributed by atoms with E-state index >= 15 is 0 Å². The molecule has 0 aliphatic heterocycles. The van der Waals surface area contributed by atoms with Crippen molar-refractivity contribution in [3.63, 3.8) is 0 Å². The Hall–Kier alpha value is -1.62. The van der Waals surface area contributed by atoms with Crippen LogP contribution in [0.15, 0.2) is 18.2 Å². The van der Waals surface area contributed by atoms with E-state index in [1.165, 1.54) is 6.07 Å². The SMILES string of the molecule is Cc1cc(CNC(C)CNC(=O)OC(C)(C)C)ccc1F. The van der Waals surface area contributed by atoms with E-state index < -0.39 is 11.7 Å². The molecule has 0 radical (unpaired) electrons. The summed E-state index contributed by atoms with van der Waals surface area (Å²) in [6.07, 6.45) is -0.422. The summed E-state index contributed by atoms with van der Waals surface area (Å²) < 4.78 is 18.3. The molecule has 0 heterocycles. The molecule has 0 aliphatic carbocycles. The predicted molar refractivity (Wildman–Crippen MR) is 81.7 cm³/mol. The zero-order valence-electron chi connectivity index (χ0n) is 13.4. The van der Waals surface area contributed by atoms with Crippen LogP contribution in [-0.2, 0) is 11.3 Å². The van der Waals surface area contributed by atoms with Crippen LogP contribution in [0.5, 0.6) is 0 Å². The van der Waals surface area contributed by atoms with Gasteiger partial charge in [0.1, 0.15) is 11.4 Å². The Morgan fingerprint density at radius 1 is 1.38 bits per heavy atom. The van der Waals surface area contributed by atoms with Gasteiger partial charge in [0.25, 0.3) is 0 Å². The Morgan fingerprint density at radius 3 is 2.62 bits per heavy atom. The molecule has 1 rings (SSSR count). The molecule has 0 aromatic heterocycles. The van der Waals surface area contributed by atoms with Crippen LogP contribution in [0.3, 0.4) is 0 Å². The van der Waals surface area contributed by atoms with Crippen molar-refractivity contribution in [1.29, 1.82) is 0 Å². The van der Waals surface area contributed by atoms with Gasteiger partial charge in [-0.3, -0.25) is 0 Å². The first-order valence-corrected chi connectivity index (χ1v) is 7.12. The predicted octanol–water partition coefficient (Wildman–Crippen LogP) is 3.14. The largest absolute Gasteiger partial charge is 0.444 e. The van der Waals surface area contributed by atoms with Gasteiger partial charge in [0.2, 0.25) is 0 Å². The monoisotopic (exact) mass is 296 g/mol. The van der Waals surface area contributed by atoms with Crippen LogP contribution in [0.2, 0.25) is 0 Å². The summed E-state index contributed by atoms with van der Waals surface area (Å²) in [5, 5.41) is 5.98. The van der Waals surface area contributed by atoms with Crippen molar-refractivity contribution < 1.29 is 13.9 Å². The lowest BCUT2D eigenvalue weighted by molar-refractivity contribution is 0.0523. The second-order valence-corrected chi connectivity index (χ2v) is 6.25. The first-order chi connectivity index (χ1) is 9.67. The minimum absolute atomic E-state index is 0.0860. The second-order valence-electron chi connectivity index (χ2n) is 6.25. The Labute approximate surface area is 126 Å². The molecule has 1 amide bonds. The maximum Gasteiger partial charge on any atom is 0.407 e. The van der Waals surface area contributed by atoms with Gasteiger partial charge in [-0.1, -0.05) is 12.1 Å². The summed E-state index contributed by atoms with van der Waals surface area (Å²) in [6, 6.07) is 5.12. The van der Waals surface area contributed by atoms with Gasteiger partial charge in [0, 0.05) is 19.1 Å². The summed E-state index contributed by atoms with van der Waals surface area (Å²) in [4.78, 5) is 11.5. The minimum atomic E-state index is -0.494. The summed E-state index contributed by atoms with van der Waals surface area (Å²) >= 11 is 0. The number of halogens is 1. The molecular weight excluding hydrogens is 271 g/mol. The van der Waals surface area contributed by atoms with Crippen LogP contribution < -0.4 is 10.6 Å². The fourth-order valence-electron chi connectivity index (χ4n) is 1.73. The minimum Gasteiger partial charge on any atom is -0.444 e. The Balaban J connectivity index is 2.32. The highest BCUT2D eigenvalue weighted by atomic mass is 19.1. The van der Waals surface area contributed by atoms with Crippen LogP contribution in [0.25, 0.3) is 0 Å². The summed E-state index contributed by atoms with van der Waals surface area (Å²) in [6.45, 7) is 10.3. The number of aryl methyl sites for hydroxylation is 1. The van der Waals surface area contributed by atoms with Gasteiger partial charge in [-0.05, 0) is 51.8 Å². The molecule has 4 nitrogen and oxygen atoms in total. The number of benzene rings is 1. The molecule has 0 aliphatic rings. The van der Waals surface area contributed by atoms with Gasteiger partial charge in [-0.25, -0.2) is 9.18 Å². The molecular formula is C16H25FN2O2. The van der Waals surface area contributed by atoms with Gasteiger partial charge >= 0.3 is 6.09 Å². The van der Waals surface area contributed by atoms with Gasteiger partial charge in [-0.2, -0.15) is 0 Å². The summed E-state index contributed by atoms with van der Waals surface area (Å²) in [5.74, 6) is -0.196. The van der Waals surface area contributed by atoms with E-state index in [0.29, 0.717) is 18.7 Å². The first-order valence-electron chi connectivity index (χ1n) is 7.12. The standard InChI is InChI=1S/C16H25FN2O2/c1-11-8-13(6-7-14(11)17)10-18-12(2)9-19-15(20)21-16(3,4)5/h6-8,12,18H,9-10H2,1-5H3,(H,19,20). The van der Waals surface area contributed by atoms with Crippen molar-refractivity contribution in [2.45, 2.75) is 52.8 Å². The Morgan fingerprint density at radius 2 is 2.05 bits per heavy atom. The molecule has 1 aromatic carbocycles. The van der Waals surface area contributed by atoms with Crippen LogP contribution in [0.1, 0.15) is 38.8 Å². The number of ether oxygens (including phenoxy) is 1. The Kier molecular flexibility index (Phi) is 6.15. The first kappa shape index (κ1) is 17.4. The average molecular weight is 296 g/mol. The zero-order chi connectivity index (χ0) is 16.0. The van der Waals surface area contributed by atoms with Gasteiger partial charge in [0.05, 0.1) is 0 Å². The smallest absolute Gasteiger partial charge is 0.407 e. The number of hydrogen-bond acceptors (Lipinski definition) is 3. The molecule has 5 heteroatoms. The molecule has 2 N–H and O–H groups in total.